The second kappa shape index (κ2) is 7.81. The Morgan fingerprint density at radius 3 is 2.70 bits per heavy atom. The topological polar surface area (TPSA) is 37.6 Å². The van der Waals surface area contributed by atoms with Crippen LogP contribution in [-0.2, 0) is 17.9 Å². The molecular formula is C16H28N2O2. The highest BCUT2D eigenvalue weighted by molar-refractivity contribution is 5.06. The van der Waals surface area contributed by atoms with E-state index in [0.717, 1.165) is 50.5 Å². The van der Waals surface area contributed by atoms with Crippen LogP contribution in [0, 0.1) is 5.92 Å². The minimum Gasteiger partial charge on any atom is -0.462 e. The number of rotatable bonds is 7. The minimum atomic E-state index is 0.388. The van der Waals surface area contributed by atoms with Gasteiger partial charge in [-0.2, -0.15) is 0 Å². The fourth-order valence-electron chi connectivity index (χ4n) is 2.43. The lowest BCUT2D eigenvalue weighted by Crippen LogP contribution is -2.34. The van der Waals surface area contributed by atoms with Crippen molar-refractivity contribution in [3.8, 4) is 0 Å². The zero-order valence-electron chi connectivity index (χ0n) is 13.0. The SMILES string of the molecule is CC(C)CNCc1ccc(COC2CCN(C)CC2)o1. The van der Waals surface area contributed by atoms with Gasteiger partial charge in [-0.1, -0.05) is 13.8 Å². The molecule has 1 aliphatic heterocycles. The Labute approximate surface area is 122 Å². The number of hydrogen-bond acceptors (Lipinski definition) is 4. The third-order valence-electron chi connectivity index (χ3n) is 3.70. The van der Waals surface area contributed by atoms with E-state index in [1.807, 2.05) is 12.1 Å². The Bertz CT molecular complexity index is 382. The van der Waals surface area contributed by atoms with Gasteiger partial charge >= 0.3 is 0 Å². The highest BCUT2D eigenvalue weighted by Crippen LogP contribution is 2.16. The smallest absolute Gasteiger partial charge is 0.129 e. The average molecular weight is 280 g/mol. The van der Waals surface area contributed by atoms with Gasteiger partial charge in [0.15, 0.2) is 0 Å². The van der Waals surface area contributed by atoms with E-state index in [1.54, 1.807) is 0 Å². The van der Waals surface area contributed by atoms with Gasteiger partial charge in [-0.25, -0.2) is 0 Å². The second-order valence-electron chi connectivity index (χ2n) is 6.21. The van der Waals surface area contributed by atoms with Crippen molar-refractivity contribution in [3.05, 3.63) is 23.7 Å². The molecule has 0 atom stereocenters. The summed E-state index contributed by atoms with van der Waals surface area (Å²) in [5.41, 5.74) is 0. The Morgan fingerprint density at radius 1 is 1.30 bits per heavy atom. The van der Waals surface area contributed by atoms with E-state index >= 15 is 0 Å². The standard InChI is InChI=1S/C16H28N2O2/c1-13(2)10-17-11-15-4-5-16(20-15)12-19-14-6-8-18(3)9-7-14/h4-5,13-14,17H,6-12H2,1-3H3. The number of nitrogens with one attached hydrogen (secondary N) is 1. The van der Waals surface area contributed by atoms with Crippen molar-refractivity contribution in [3.63, 3.8) is 0 Å². The van der Waals surface area contributed by atoms with Gasteiger partial charge < -0.3 is 19.4 Å². The van der Waals surface area contributed by atoms with Gasteiger partial charge in [0, 0.05) is 13.1 Å². The molecule has 1 fully saturated rings. The largest absolute Gasteiger partial charge is 0.462 e. The lowest BCUT2D eigenvalue weighted by atomic mass is 10.1. The van der Waals surface area contributed by atoms with Crippen molar-refractivity contribution in [2.45, 2.75) is 45.9 Å². The van der Waals surface area contributed by atoms with Crippen molar-refractivity contribution in [1.82, 2.24) is 10.2 Å². The number of nitrogens with zero attached hydrogens (tertiary/aromatic N) is 1. The first-order valence-electron chi connectivity index (χ1n) is 7.72. The van der Waals surface area contributed by atoms with E-state index in [1.165, 1.54) is 0 Å². The van der Waals surface area contributed by atoms with Crippen LogP contribution >= 0.6 is 0 Å². The molecule has 1 aromatic heterocycles. The molecule has 0 spiro atoms. The van der Waals surface area contributed by atoms with Crippen LogP contribution in [0.5, 0.6) is 0 Å². The molecule has 1 saturated heterocycles. The lowest BCUT2D eigenvalue weighted by molar-refractivity contribution is -0.00512. The third-order valence-corrected chi connectivity index (χ3v) is 3.70. The highest BCUT2D eigenvalue weighted by Gasteiger charge is 2.17. The van der Waals surface area contributed by atoms with Gasteiger partial charge in [-0.05, 0) is 44.5 Å². The predicted molar refractivity (Wildman–Crippen MR) is 80.6 cm³/mol. The molecule has 1 N–H and O–H groups in total. The second-order valence-corrected chi connectivity index (χ2v) is 6.21. The summed E-state index contributed by atoms with van der Waals surface area (Å²) in [6, 6.07) is 4.07. The number of likely N-dealkylation sites (tertiary alicyclic amines) is 1. The molecule has 0 saturated carbocycles. The zero-order chi connectivity index (χ0) is 14.4. The summed E-state index contributed by atoms with van der Waals surface area (Å²) < 4.78 is 11.7. The summed E-state index contributed by atoms with van der Waals surface area (Å²) >= 11 is 0. The maximum atomic E-state index is 5.93. The van der Waals surface area contributed by atoms with Gasteiger partial charge in [-0.15, -0.1) is 0 Å². The van der Waals surface area contributed by atoms with Crippen LogP contribution in [0.15, 0.2) is 16.5 Å². The van der Waals surface area contributed by atoms with E-state index in [9.17, 15) is 0 Å². The maximum Gasteiger partial charge on any atom is 0.129 e. The normalized spacial score (nSPS) is 18.0. The van der Waals surface area contributed by atoms with E-state index in [-0.39, 0.29) is 0 Å². The quantitative estimate of drug-likeness (QED) is 0.833. The van der Waals surface area contributed by atoms with Crippen molar-refractivity contribution >= 4 is 0 Å². The van der Waals surface area contributed by atoms with Crippen LogP contribution in [0.2, 0.25) is 0 Å². The number of hydrogen-bond donors (Lipinski definition) is 1. The van der Waals surface area contributed by atoms with Gasteiger partial charge in [0.2, 0.25) is 0 Å². The molecule has 0 unspecified atom stereocenters. The van der Waals surface area contributed by atoms with Crippen LogP contribution in [0.4, 0.5) is 0 Å². The van der Waals surface area contributed by atoms with Crippen LogP contribution in [-0.4, -0.2) is 37.7 Å². The van der Waals surface area contributed by atoms with Gasteiger partial charge in [0.05, 0.1) is 12.6 Å². The van der Waals surface area contributed by atoms with Crippen molar-refractivity contribution in [2.75, 3.05) is 26.7 Å². The van der Waals surface area contributed by atoms with E-state index in [4.69, 9.17) is 9.15 Å². The fraction of sp³-hybridized carbons (Fsp3) is 0.750. The molecule has 20 heavy (non-hydrogen) atoms. The molecule has 0 amide bonds. The Kier molecular flexibility index (Phi) is 6.07. The first-order chi connectivity index (χ1) is 9.63. The number of furan rings is 1. The first-order valence-corrected chi connectivity index (χ1v) is 7.72. The van der Waals surface area contributed by atoms with Crippen molar-refractivity contribution in [1.29, 1.82) is 0 Å². The maximum absolute atomic E-state index is 5.93. The molecule has 2 rings (SSSR count). The molecular weight excluding hydrogens is 252 g/mol. The number of piperidine rings is 1. The lowest BCUT2D eigenvalue weighted by Gasteiger charge is -2.28. The van der Waals surface area contributed by atoms with Crippen LogP contribution < -0.4 is 5.32 Å². The number of ether oxygens (including phenoxy) is 1. The first kappa shape index (κ1) is 15.5. The fourth-order valence-corrected chi connectivity index (χ4v) is 2.43. The summed E-state index contributed by atoms with van der Waals surface area (Å²) in [5, 5.41) is 3.38. The molecule has 0 radical (unpaired) electrons. The minimum absolute atomic E-state index is 0.388. The summed E-state index contributed by atoms with van der Waals surface area (Å²) in [6.45, 7) is 9.08. The molecule has 0 bridgehead atoms. The van der Waals surface area contributed by atoms with Gasteiger partial charge in [0.1, 0.15) is 18.1 Å². The molecule has 4 nitrogen and oxygen atoms in total. The average Bonchev–Trinajstić information content (AvgIpc) is 2.86. The van der Waals surface area contributed by atoms with Gasteiger partial charge in [0.25, 0.3) is 0 Å². The monoisotopic (exact) mass is 280 g/mol. The highest BCUT2D eigenvalue weighted by atomic mass is 16.5. The van der Waals surface area contributed by atoms with Crippen LogP contribution in [0.3, 0.4) is 0 Å². The third kappa shape index (κ3) is 5.27. The molecule has 4 heteroatoms. The summed E-state index contributed by atoms with van der Waals surface area (Å²) in [5.74, 6) is 2.59. The van der Waals surface area contributed by atoms with Crippen molar-refractivity contribution < 1.29 is 9.15 Å². The summed E-state index contributed by atoms with van der Waals surface area (Å²) in [6.07, 6.45) is 2.64. The summed E-state index contributed by atoms with van der Waals surface area (Å²) in [7, 11) is 2.17. The molecule has 2 heterocycles. The molecule has 1 aromatic rings. The van der Waals surface area contributed by atoms with E-state index in [0.29, 0.717) is 18.6 Å². The summed E-state index contributed by atoms with van der Waals surface area (Å²) in [4.78, 5) is 2.35. The van der Waals surface area contributed by atoms with E-state index in [2.05, 4.69) is 31.1 Å². The Balaban J connectivity index is 1.67. The van der Waals surface area contributed by atoms with E-state index < -0.39 is 0 Å². The van der Waals surface area contributed by atoms with Gasteiger partial charge in [-0.3, -0.25) is 0 Å². The molecule has 1 aliphatic rings. The van der Waals surface area contributed by atoms with Crippen LogP contribution in [0.1, 0.15) is 38.2 Å². The molecule has 0 aliphatic carbocycles. The molecule has 0 aromatic carbocycles. The Morgan fingerprint density at radius 2 is 2.00 bits per heavy atom. The van der Waals surface area contributed by atoms with Crippen molar-refractivity contribution in [2.24, 2.45) is 5.92 Å². The predicted octanol–water partition coefficient (Wildman–Crippen LogP) is 2.64. The zero-order valence-corrected chi connectivity index (χ0v) is 13.0. The molecule has 114 valence electrons. The Hall–Kier alpha value is -0.840. The van der Waals surface area contributed by atoms with Crippen LogP contribution in [0.25, 0.3) is 0 Å².